The SMILES string of the molecule is CCC1CN(C(=O)c2cc(Cl)cn2C(C)C)C(CC)CN1. The van der Waals surface area contributed by atoms with Crippen LogP contribution in [0.4, 0.5) is 0 Å². The first-order chi connectivity index (χ1) is 9.97. The molecular weight excluding hydrogens is 286 g/mol. The van der Waals surface area contributed by atoms with Crippen molar-refractivity contribution in [3.8, 4) is 0 Å². The Hall–Kier alpha value is -1.00. The van der Waals surface area contributed by atoms with Crippen LogP contribution in [0, 0.1) is 0 Å². The Morgan fingerprint density at radius 2 is 2.14 bits per heavy atom. The highest BCUT2D eigenvalue weighted by Gasteiger charge is 2.31. The van der Waals surface area contributed by atoms with Crippen molar-refractivity contribution in [3.63, 3.8) is 0 Å². The average Bonchev–Trinajstić information content (AvgIpc) is 2.88. The molecule has 0 aliphatic carbocycles. The molecule has 1 aromatic heterocycles. The maximum absolute atomic E-state index is 13.0. The van der Waals surface area contributed by atoms with Gasteiger partial charge in [-0.15, -0.1) is 0 Å². The fourth-order valence-electron chi connectivity index (χ4n) is 2.94. The van der Waals surface area contributed by atoms with Crippen LogP contribution in [0.5, 0.6) is 0 Å². The van der Waals surface area contributed by atoms with Crippen LogP contribution in [0.1, 0.15) is 57.1 Å². The lowest BCUT2D eigenvalue weighted by molar-refractivity contribution is 0.0563. The Morgan fingerprint density at radius 3 is 2.71 bits per heavy atom. The third-order valence-corrected chi connectivity index (χ3v) is 4.52. The summed E-state index contributed by atoms with van der Waals surface area (Å²) in [6.07, 6.45) is 3.84. The molecule has 2 heterocycles. The van der Waals surface area contributed by atoms with Crippen molar-refractivity contribution in [1.82, 2.24) is 14.8 Å². The highest BCUT2D eigenvalue weighted by molar-refractivity contribution is 6.31. The first-order valence-electron chi connectivity index (χ1n) is 7.89. The van der Waals surface area contributed by atoms with E-state index in [0.717, 1.165) is 25.9 Å². The van der Waals surface area contributed by atoms with E-state index < -0.39 is 0 Å². The molecule has 1 N–H and O–H groups in total. The third-order valence-electron chi connectivity index (χ3n) is 4.32. The molecule has 1 aliphatic heterocycles. The van der Waals surface area contributed by atoms with Crippen molar-refractivity contribution in [2.24, 2.45) is 0 Å². The van der Waals surface area contributed by atoms with Gasteiger partial charge in [-0.05, 0) is 32.8 Å². The summed E-state index contributed by atoms with van der Waals surface area (Å²) in [6.45, 7) is 10.1. The smallest absolute Gasteiger partial charge is 0.270 e. The first-order valence-corrected chi connectivity index (χ1v) is 8.27. The van der Waals surface area contributed by atoms with Gasteiger partial charge in [-0.1, -0.05) is 25.4 Å². The van der Waals surface area contributed by atoms with Gasteiger partial charge in [0.2, 0.25) is 0 Å². The normalized spacial score (nSPS) is 22.9. The molecule has 1 aromatic rings. The van der Waals surface area contributed by atoms with E-state index >= 15 is 0 Å². The lowest BCUT2D eigenvalue weighted by Gasteiger charge is -2.40. The molecule has 2 rings (SSSR count). The van der Waals surface area contributed by atoms with Gasteiger partial charge in [-0.3, -0.25) is 4.79 Å². The Bertz CT molecular complexity index is 498. The number of nitrogens with zero attached hydrogens (tertiary/aromatic N) is 2. The molecule has 0 spiro atoms. The van der Waals surface area contributed by atoms with Crippen LogP contribution < -0.4 is 5.32 Å². The number of nitrogens with one attached hydrogen (secondary N) is 1. The van der Waals surface area contributed by atoms with E-state index in [1.807, 2.05) is 15.7 Å². The van der Waals surface area contributed by atoms with Gasteiger partial charge in [0.05, 0.1) is 5.02 Å². The highest BCUT2D eigenvalue weighted by atomic mass is 35.5. The number of amides is 1. The van der Waals surface area contributed by atoms with E-state index in [4.69, 9.17) is 11.6 Å². The Morgan fingerprint density at radius 1 is 1.43 bits per heavy atom. The van der Waals surface area contributed by atoms with Crippen molar-refractivity contribution >= 4 is 17.5 Å². The number of carbonyl (C=O) groups is 1. The second kappa shape index (κ2) is 6.84. The summed E-state index contributed by atoms with van der Waals surface area (Å²) in [5.41, 5.74) is 0.699. The van der Waals surface area contributed by atoms with Gasteiger partial charge in [0.1, 0.15) is 5.69 Å². The van der Waals surface area contributed by atoms with Crippen molar-refractivity contribution in [3.05, 3.63) is 23.0 Å². The van der Waals surface area contributed by atoms with Crippen LogP contribution in [-0.4, -0.2) is 40.5 Å². The molecule has 0 aromatic carbocycles. The third kappa shape index (κ3) is 3.43. The van der Waals surface area contributed by atoms with E-state index in [2.05, 4.69) is 33.0 Å². The summed E-state index contributed by atoms with van der Waals surface area (Å²) in [5.74, 6) is 0.0994. The molecular formula is C16H26ClN3O. The van der Waals surface area contributed by atoms with E-state index in [9.17, 15) is 4.79 Å². The Kier molecular flexibility index (Phi) is 5.33. The number of hydrogen-bond acceptors (Lipinski definition) is 2. The standard InChI is InChI=1S/C16H26ClN3O/c1-5-13-10-20(14(6-2)8-18-13)16(21)15-7-12(17)9-19(15)11(3)4/h7,9,11,13-14,18H,5-6,8,10H2,1-4H3. The largest absolute Gasteiger partial charge is 0.339 e. The molecule has 21 heavy (non-hydrogen) atoms. The average molecular weight is 312 g/mol. The lowest BCUT2D eigenvalue weighted by atomic mass is 10.0. The van der Waals surface area contributed by atoms with Gasteiger partial charge in [-0.25, -0.2) is 0 Å². The Labute approximate surface area is 132 Å². The monoisotopic (exact) mass is 311 g/mol. The fraction of sp³-hybridized carbons (Fsp3) is 0.688. The fourth-order valence-corrected chi connectivity index (χ4v) is 3.15. The van der Waals surface area contributed by atoms with Crippen molar-refractivity contribution in [2.45, 2.75) is 58.7 Å². The second-order valence-electron chi connectivity index (χ2n) is 6.08. The number of rotatable bonds is 4. The summed E-state index contributed by atoms with van der Waals surface area (Å²) in [6, 6.07) is 2.66. The number of carbonyl (C=O) groups excluding carboxylic acids is 1. The predicted octanol–water partition coefficient (Wildman–Crippen LogP) is 3.33. The van der Waals surface area contributed by atoms with Gasteiger partial charge in [-0.2, -0.15) is 0 Å². The van der Waals surface area contributed by atoms with Gasteiger partial charge in [0.15, 0.2) is 0 Å². The molecule has 1 saturated heterocycles. The quantitative estimate of drug-likeness (QED) is 0.926. The van der Waals surface area contributed by atoms with Gasteiger partial charge in [0, 0.05) is 37.4 Å². The summed E-state index contributed by atoms with van der Waals surface area (Å²) in [5, 5.41) is 4.15. The molecule has 0 saturated carbocycles. The molecule has 4 nitrogen and oxygen atoms in total. The summed E-state index contributed by atoms with van der Waals surface area (Å²) >= 11 is 6.11. The number of hydrogen-bond donors (Lipinski definition) is 1. The molecule has 0 bridgehead atoms. The van der Waals surface area contributed by atoms with Crippen LogP contribution in [0.2, 0.25) is 5.02 Å². The molecule has 2 unspecified atom stereocenters. The Balaban J connectivity index is 2.28. The summed E-state index contributed by atoms with van der Waals surface area (Å²) in [7, 11) is 0. The molecule has 1 amide bonds. The van der Waals surface area contributed by atoms with E-state index in [1.54, 1.807) is 6.07 Å². The van der Waals surface area contributed by atoms with E-state index in [-0.39, 0.29) is 18.0 Å². The molecule has 0 radical (unpaired) electrons. The minimum absolute atomic E-state index is 0.0994. The van der Waals surface area contributed by atoms with Crippen LogP contribution in [0.3, 0.4) is 0 Å². The minimum atomic E-state index is 0.0994. The predicted molar refractivity (Wildman–Crippen MR) is 87.0 cm³/mol. The minimum Gasteiger partial charge on any atom is -0.339 e. The summed E-state index contributed by atoms with van der Waals surface area (Å²) in [4.78, 5) is 15.0. The molecule has 118 valence electrons. The zero-order chi connectivity index (χ0) is 15.6. The van der Waals surface area contributed by atoms with Crippen LogP contribution in [-0.2, 0) is 0 Å². The highest BCUT2D eigenvalue weighted by Crippen LogP contribution is 2.23. The van der Waals surface area contributed by atoms with Gasteiger partial charge >= 0.3 is 0 Å². The molecule has 1 aliphatic rings. The maximum Gasteiger partial charge on any atom is 0.270 e. The van der Waals surface area contributed by atoms with Crippen LogP contribution in [0.15, 0.2) is 12.3 Å². The zero-order valence-corrected chi connectivity index (χ0v) is 14.2. The topological polar surface area (TPSA) is 37.3 Å². The van der Waals surface area contributed by atoms with Crippen LogP contribution >= 0.6 is 11.6 Å². The van der Waals surface area contributed by atoms with Crippen molar-refractivity contribution < 1.29 is 4.79 Å². The zero-order valence-electron chi connectivity index (χ0n) is 13.4. The molecule has 1 fully saturated rings. The van der Waals surface area contributed by atoms with Gasteiger partial charge in [0.25, 0.3) is 5.91 Å². The van der Waals surface area contributed by atoms with Crippen molar-refractivity contribution in [2.75, 3.05) is 13.1 Å². The number of piperazine rings is 1. The number of aromatic nitrogens is 1. The first kappa shape index (κ1) is 16.4. The number of halogens is 1. The second-order valence-corrected chi connectivity index (χ2v) is 6.51. The van der Waals surface area contributed by atoms with Crippen LogP contribution in [0.25, 0.3) is 0 Å². The summed E-state index contributed by atoms with van der Waals surface area (Å²) < 4.78 is 1.97. The van der Waals surface area contributed by atoms with E-state index in [1.165, 1.54) is 0 Å². The van der Waals surface area contributed by atoms with Gasteiger partial charge < -0.3 is 14.8 Å². The maximum atomic E-state index is 13.0. The molecule has 5 heteroatoms. The molecule has 2 atom stereocenters. The lowest BCUT2D eigenvalue weighted by Crippen LogP contribution is -2.58. The van der Waals surface area contributed by atoms with Crippen molar-refractivity contribution in [1.29, 1.82) is 0 Å². The van der Waals surface area contributed by atoms with E-state index in [0.29, 0.717) is 16.8 Å².